The van der Waals surface area contributed by atoms with E-state index in [0.717, 1.165) is 15.7 Å². The van der Waals surface area contributed by atoms with Gasteiger partial charge in [0.1, 0.15) is 5.76 Å². The van der Waals surface area contributed by atoms with Gasteiger partial charge < -0.3 is 9.73 Å². The molecule has 0 spiro atoms. The fraction of sp³-hybridized carbons (Fsp3) is 0.0667. The fourth-order valence-corrected chi connectivity index (χ4v) is 3.45. The van der Waals surface area contributed by atoms with Crippen LogP contribution in [0, 0.1) is 6.92 Å². The number of nitrogens with one attached hydrogen (secondary N) is 1. The molecule has 3 rings (SSSR count). The van der Waals surface area contributed by atoms with E-state index in [1.54, 1.807) is 24.3 Å². The topological polar surface area (TPSA) is 54.6 Å². The summed E-state index contributed by atoms with van der Waals surface area (Å²) in [5.74, 6) is 0.360. The molecule has 0 atom stereocenters. The summed E-state index contributed by atoms with van der Waals surface area (Å²) in [5.41, 5.74) is 1.71. The zero-order valence-electron chi connectivity index (χ0n) is 11.7. The van der Waals surface area contributed by atoms with Crippen LogP contribution in [-0.4, -0.2) is 11.1 Å². The number of rotatable bonds is 2. The summed E-state index contributed by atoms with van der Waals surface area (Å²) in [4.78, 5) is 17.0. The van der Waals surface area contributed by atoms with E-state index in [-0.39, 0.29) is 5.91 Å². The second kappa shape index (κ2) is 6.84. The Hall–Kier alpha value is -1.02. The van der Waals surface area contributed by atoms with Crippen molar-refractivity contribution in [3.05, 3.63) is 54.7 Å². The van der Waals surface area contributed by atoms with Crippen LogP contribution in [0.15, 0.2) is 47.7 Å². The molecule has 0 saturated carbocycles. The molecule has 2 heterocycles. The number of thioether (sulfide) groups is 1. The molecule has 1 amide bonds. The van der Waals surface area contributed by atoms with Crippen molar-refractivity contribution in [3.8, 4) is 0 Å². The van der Waals surface area contributed by atoms with Crippen LogP contribution in [0.25, 0.3) is 6.08 Å². The van der Waals surface area contributed by atoms with Gasteiger partial charge in [0.2, 0.25) is 0 Å². The van der Waals surface area contributed by atoms with Gasteiger partial charge in [0.05, 0.1) is 15.1 Å². The number of amides is 1. The number of hydrogen-bond acceptors (Lipinski definition) is 4. The number of halogens is 3. The standard InChI is InChI=1S/C15H9Br2ClN2O2S/c1-7-2-3-8(18)4-11(7)19-15-20-14(21)12(23-15)6-9-5-10(16)13(17)22-9/h2-6H,1H3,(H,19,20,21)/b12-6-. The minimum Gasteiger partial charge on any atom is -0.449 e. The highest BCUT2D eigenvalue weighted by molar-refractivity contribution is 9.13. The van der Waals surface area contributed by atoms with Gasteiger partial charge in [-0.3, -0.25) is 4.79 Å². The van der Waals surface area contributed by atoms with E-state index in [1.807, 2.05) is 13.0 Å². The van der Waals surface area contributed by atoms with E-state index in [9.17, 15) is 4.79 Å². The maximum absolute atomic E-state index is 12.1. The lowest BCUT2D eigenvalue weighted by Crippen LogP contribution is -2.19. The molecular weight excluding hydrogens is 468 g/mol. The highest BCUT2D eigenvalue weighted by Gasteiger charge is 2.24. The van der Waals surface area contributed by atoms with Crippen molar-refractivity contribution >= 4 is 78.1 Å². The molecule has 2 aromatic rings. The Morgan fingerprint density at radius 3 is 2.83 bits per heavy atom. The van der Waals surface area contributed by atoms with Crippen LogP contribution < -0.4 is 5.32 Å². The zero-order chi connectivity index (χ0) is 16.6. The largest absolute Gasteiger partial charge is 0.449 e. The van der Waals surface area contributed by atoms with Crippen LogP contribution in [0.5, 0.6) is 0 Å². The first-order valence-electron chi connectivity index (χ1n) is 6.43. The zero-order valence-corrected chi connectivity index (χ0v) is 16.4. The van der Waals surface area contributed by atoms with Gasteiger partial charge in [-0.15, -0.1) is 0 Å². The van der Waals surface area contributed by atoms with Gasteiger partial charge in [-0.2, -0.15) is 0 Å². The first-order valence-corrected chi connectivity index (χ1v) is 9.21. The maximum Gasteiger partial charge on any atom is 0.264 e. The third-order valence-corrected chi connectivity index (χ3v) is 5.84. The fourth-order valence-electron chi connectivity index (χ4n) is 1.86. The Balaban J connectivity index is 1.87. The van der Waals surface area contributed by atoms with Crippen LogP contribution in [0.2, 0.25) is 5.02 Å². The molecule has 8 heteroatoms. The molecule has 1 aromatic carbocycles. The van der Waals surface area contributed by atoms with Crippen molar-refractivity contribution in [1.29, 1.82) is 0 Å². The summed E-state index contributed by atoms with van der Waals surface area (Å²) in [5, 5.41) is 3.85. The van der Waals surface area contributed by atoms with Crippen LogP contribution in [-0.2, 0) is 4.79 Å². The minimum absolute atomic E-state index is 0.211. The van der Waals surface area contributed by atoms with Crippen molar-refractivity contribution in [2.45, 2.75) is 6.92 Å². The molecule has 1 N–H and O–H groups in total. The normalized spacial score (nSPS) is 18.0. The molecular formula is C15H9Br2ClN2O2S. The van der Waals surface area contributed by atoms with Crippen molar-refractivity contribution in [1.82, 2.24) is 5.32 Å². The Kier molecular flexibility index (Phi) is 5.01. The van der Waals surface area contributed by atoms with Crippen molar-refractivity contribution in [3.63, 3.8) is 0 Å². The minimum atomic E-state index is -0.211. The number of amidine groups is 1. The van der Waals surface area contributed by atoms with Crippen LogP contribution in [0.1, 0.15) is 11.3 Å². The highest BCUT2D eigenvalue weighted by atomic mass is 79.9. The summed E-state index contributed by atoms with van der Waals surface area (Å²) < 4.78 is 6.82. The van der Waals surface area contributed by atoms with E-state index in [4.69, 9.17) is 16.0 Å². The number of hydrogen-bond donors (Lipinski definition) is 1. The molecule has 1 aliphatic rings. The van der Waals surface area contributed by atoms with Gasteiger partial charge in [0.25, 0.3) is 5.91 Å². The summed E-state index contributed by atoms with van der Waals surface area (Å²) in [6, 6.07) is 7.23. The molecule has 1 aromatic heterocycles. The third-order valence-electron chi connectivity index (χ3n) is 2.98. The lowest BCUT2D eigenvalue weighted by atomic mass is 10.2. The SMILES string of the molecule is Cc1ccc(Cl)cc1N=C1NC(=O)/C(=C/c2cc(Br)c(Br)o2)S1. The smallest absolute Gasteiger partial charge is 0.264 e. The van der Waals surface area contributed by atoms with E-state index in [1.165, 1.54) is 11.8 Å². The molecule has 1 fully saturated rings. The second-order valence-electron chi connectivity index (χ2n) is 4.68. The Morgan fingerprint density at radius 2 is 2.13 bits per heavy atom. The lowest BCUT2D eigenvalue weighted by molar-refractivity contribution is -0.115. The molecule has 23 heavy (non-hydrogen) atoms. The monoisotopic (exact) mass is 474 g/mol. The second-order valence-corrected chi connectivity index (χ2v) is 7.72. The molecule has 0 bridgehead atoms. The summed E-state index contributed by atoms with van der Waals surface area (Å²) >= 11 is 13.8. The van der Waals surface area contributed by atoms with Gasteiger partial charge >= 0.3 is 0 Å². The first kappa shape index (κ1) is 16.8. The number of carbonyl (C=O) groups is 1. The molecule has 1 saturated heterocycles. The number of carbonyl (C=O) groups excluding carboxylic acids is 1. The summed E-state index contributed by atoms with van der Waals surface area (Å²) in [6.07, 6.45) is 1.67. The van der Waals surface area contributed by atoms with Crippen LogP contribution in [0.3, 0.4) is 0 Å². The van der Waals surface area contributed by atoms with Gasteiger partial charge in [-0.1, -0.05) is 17.7 Å². The number of nitrogens with zero attached hydrogens (tertiary/aromatic N) is 1. The van der Waals surface area contributed by atoms with Crippen molar-refractivity contribution in [2.24, 2.45) is 4.99 Å². The number of benzene rings is 1. The first-order chi connectivity index (χ1) is 10.9. The van der Waals surface area contributed by atoms with Gasteiger partial charge in [-0.05, 0) is 74.3 Å². The summed E-state index contributed by atoms with van der Waals surface area (Å²) in [7, 11) is 0. The Morgan fingerprint density at radius 1 is 1.35 bits per heavy atom. The molecule has 0 radical (unpaired) electrons. The van der Waals surface area contributed by atoms with E-state index in [0.29, 0.717) is 25.5 Å². The van der Waals surface area contributed by atoms with E-state index >= 15 is 0 Å². The molecule has 4 nitrogen and oxygen atoms in total. The molecule has 118 valence electrons. The average Bonchev–Trinajstić information content (AvgIpc) is 2.98. The number of furan rings is 1. The van der Waals surface area contributed by atoms with Gasteiger partial charge in [0, 0.05) is 11.1 Å². The van der Waals surface area contributed by atoms with Gasteiger partial charge in [0.15, 0.2) is 9.84 Å². The number of aryl methyl sites for hydroxylation is 1. The maximum atomic E-state index is 12.1. The van der Waals surface area contributed by atoms with Crippen molar-refractivity contribution < 1.29 is 9.21 Å². The Labute approximate surface area is 158 Å². The predicted octanol–water partition coefficient (Wildman–Crippen LogP) is 5.66. The Bertz CT molecular complexity index is 842. The lowest BCUT2D eigenvalue weighted by Gasteiger charge is -2.01. The quantitative estimate of drug-likeness (QED) is 0.569. The highest BCUT2D eigenvalue weighted by Crippen LogP contribution is 2.33. The molecule has 0 unspecified atom stereocenters. The van der Waals surface area contributed by atoms with Crippen LogP contribution in [0.4, 0.5) is 5.69 Å². The summed E-state index contributed by atoms with van der Waals surface area (Å²) in [6.45, 7) is 1.94. The molecule has 1 aliphatic heterocycles. The molecule has 0 aliphatic carbocycles. The third kappa shape index (κ3) is 3.91. The van der Waals surface area contributed by atoms with Crippen molar-refractivity contribution in [2.75, 3.05) is 0 Å². The van der Waals surface area contributed by atoms with E-state index in [2.05, 4.69) is 42.2 Å². The number of aliphatic imine (C=N–C) groups is 1. The average molecular weight is 477 g/mol. The van der Waals surface area contributed by atoms with E-state index < -0.39 is 0 Å². The van der Waals surface area contributed by atoms with Crippen LogP contribution >= 0.6 is 55.2 Å². The van der Waals surface area contributed by atoms with Gasteiger partial charge in [-0.25, -0.2) is 4.99 Å². The predicted molar refractivity (Wildman–Crippen MR) is 101 cm³/mol.